The number of piperidine rings is 2. The highest BCUT2D eigenvalue weighted by Crippen LogP contribution is 2.40. The molecule has 2 aromatic heterocycles. The number of nitrogens with zero attached hydrogens (tertiary/aromatic N) is 4. The van der Waals surface area contributed by atoms with Crippen LogP contribution in [-0.4, -0.2) is 57.9 Å². The second kappa shape index (κ2) is 7.73. The maximum atomic E-state index is 12.6. The van der Waals surface area contributed by atoms with E-state index in [9.17, 15) is 9.59 Å². The van der Waals surface area contributed by atoms with Crippen LogP contribution in [0.2, 0.25) is 0 Å². The van der Waals surface area contributed by atoms with Gasteiger partial charge in [0.25, 0.3) is 5.91 Å². The van der Waals surface area contributed by atoms with Gasteiger partial charge in [0, 0.05) is 51.1 Å². The first-order valence-corrected chi connectivity index (χ1v) is 9.94. The van der Waals surface area contributed by atoms with Crippen molar-refractivity contribution < 1.29 is 14.1 Å². The van der Waals surface area contributed by atoms with Crippen LogP contribution in [0.5, 0.6) is 0 Å². The number of hydrogen-bond acceptors (Lipinski definition) is 5. The molecule has 2 fully saturated rings. The smallest absolute Gasteiger partial charge is 0.292 e. The van der Waals surface area contributed by atoms with E-state index in [4.69, 9.17) is 4.52 Å². The van der Waals surface area contributed by atoms with Gasteiger partial charge < -0.3 is 14.3 Å². The van der Waals surface area contributed by atoms with Crippen LogP contribution in [0, 0.1) is 12.3 Å². The zero-order valence-electron chi connectivity index (χ0n) is 16.3. The van der Waals surface area contributed by atoms with Crippen molar-refractivity contribution in [2.24, 2.45) is 5.41 Å². The van der Waals surface area contributed by atoms with Gasteiger partial charge in [-0.15, -0.1) is 0 Å². The molecule has 4 heterocycles. The fourth-order valence-electron chi connectivity index (χ4n) is 4.33. The van der Waals surface area contributed by atoms with E-state index in [1.165, 1.54) is 0 Å². The van der Waals surface area contributed by atoms with Gasteiger partial charge >= 0.3 is 0 Å². The van der Waals surface area contributed by atoms with Crippen molar-refractivity contribution in [1.29, 1.82) is 0 Å². The molecule has 0 radical (unpaired) electrons. The van der Waals surface area contributed by atoms with Gasteiger partial charge in [0.05, 0.1) is 5.69 Å². The molecule has 0 aromatic carbocycles. The molecule has 148 valence electrons. The lowest BCUT2D eigenvalue weighted by Crippen LogP contribution is -2.52. The summed E-state index contributed by atoms with van der Waals surface area (Å²) in [5.41, 5.74) is 1.99. The molecule has 4 rings (SSSR count). The Kier molecular flexibility index (Phi) is 5.15. The normalized spacial score (nSPS) is 19.2. The molecule has 28 heavy (non-hydrogen) atoms. The van der Waals surface area contributed by atoms with Gasteiger partial charge in [0.15, 0.2) is 0 Å². The molecule has 2 aliphatic heterocycles. The van der Waals surface area contributed by atoms with Crippen molar-refractivity contribution in [2.75, 3.05) is 26.2 Å². The molecular weight excluding hydrogens is 356 g/mol. The lowest BCUT2D eigenvalue weighted by molar-refractivity contribution is -0.138. The van der Waals surface area contributed by atoms with Gasteiger partial charge in [-0.2, -0.15) is 0 Å². The zero-order chi connectivity index (χ0) is 19.6. The minimum absolute atomic E-state index is 0.0873. The second-order valence-corrected chi connectivity index (χ2v) is 8.05. The Hall–Kier alpha value is -2.70. The summed E-state index contributed by atoms with van der Waals surface area (Å²) in [5.74, 6) is 0.464. The lowest BCUT2D eigenvalue weighted by atomic mass is 9.72. The average molecular weight is 382 g/mol. The topological polar surface area (TPSA) is 79.5 Å². The summed E-state index contributed by atoms with van der Waals surface area (Å²) >= 11 is 0. The molecule has 2 aliphatic rings. The minimum Gasteiger partial charge on any atom is -0.351 e. The Bertz CT molecular complexity index is 840. The Morgan fingerprint density at radius 1 is 1.29 bits per heavy atom. The number of likely N-dealkylation sites (tertiary alicyclic amines) is 2. The molecule has 0 atom stereocenters. The molecular formula is C21H26N4O3. The van der Waals surface area contributed by atoms with E-state index in [-0.39, 0.29) is 17.2 Å². The molecule has 7 nitrogen and oxygen atoms in total. The van der Waals surface area contributed by atoms with E-state index >= 15 is 0 Å². The quantitative estimate of drug-likeness (QED) is 0.812. The average Bonchev–Trinajstić information content (AvgIpc) is 3.16. The van der Waals surface area contributed by atoms with Crippen LogP contribution in [0.25, 0.3) is 0 Å². The summed E-state index contributed by atoms with van der Waals surface area (Å²) in [4.78, 5) is 33.0. The summed E-state index contributed by atoms with van der Waals surface area (Å²) in [5, 5.41) is 3.81. The number of carbonyl (C=O) groups excluding carboxylic acids is 2. The number of aromatic nitrogens is 2. The third-order valence-corrected chi connectivity index (χ3v) is 6.09. The first kappa shape index (κ1) is 18.7. The van der Waals surface area contributed by atoms with E-state index in [0.29, 0.717) is 31.0 Å². The van der Waals surface area contributed by atoms with Crippen LogP contribution < -0.4 is 0 Å². The standard InChI is InChI=1S/C21H26N4O3/c1-16-13-18(28-23-16)20(27)24-11-7-21(8-12-24)6-4-19(26)25(15-21)10-5-17-3-2-9-22-14-17/h2-3,9,13-14H,4-8,10-12,15H2,1H3. The molecule has 2 saturated heterocycles. The first-order chi connectivity index (χ1) is 13.5. The summed E-state index contributed by atoms with van der Waals surface area (Å²) in [6.07, 6.45) is 7.80. The Morgan fingerprint density at radius 3 is 2.79 bits per heavy atom. The van der Waals surface area contributed by atoms with E-state index in [1.807, 2.05) is 35.1 Å². The van der Waals surface area contributed by atoms with Crippen molar-refractivity contribution >= 4 is 11.8 Å². The van der Waals surface area contributed by atoms with E-state index in [2.05, 4.69) is 10.1 Å². The zero-order valence-corrected chi connectivity index (χ0v) is 16.3. The molecule has 7 heteroatoms. The number of pyridine rings is 1. The van der Waals surface area contributed by atoms with Crippen LogP contribution in [0.15, 0.2) is 35.1 Å². The van der Waals surface area contributed by atoms with Gasteiger partial charge in [0.1, 0.15) is 0 Å². The van der Waals surface area contributed by atoms with Gasteiger partial charge in [-0.05, 0) is 49.7 Å². The number of carbonyl (C=O) groups is 2. The van der Waals surface area contributed by atoms with Crippen LogP contribution >= 0.6 is 0 Å². The lowest BCUT2D eigenvalue weighted by Gasteiger charge is -2.47. The third kappa shape index (κ3) is 3.93. The van der Waals surface area contributed by atoms with Crippen molar-refractivity contribution in [1.82, 2.24) is 19.9 Å². The summed E-state index contributed by atoms with van der Waals surface area (Å²) in [6, 6.07) is 5.66. The Balaban J connectivity index is 1.35. The molecule has 0 saturated carbocycles. The predicted molar refractivity (Wildman–Crippen MR) is 103 cm³/mol. The summed E-state index contributed by atoms with van der Waals surface area (Å²) in [7, 11) is 0. The maximum Gasteiger partial charge on any atom is 0.292 e. The van der Waals surface area contributed by atoms with E-state index in [0.717, 1.165) is 44.3 Å². The molecule has 0 bridgehead atoms. The van der Waals surface area contributed by atoms with Crippen molar-refractivity contribution in [3.8, 4) is 0 Å². The molecule has 2 amide bonds. The van der Waals surface area contributed by atoms with Crippen molar-refractivity contribution in [3.05, 3.63) is 47.6 Å². The number of aryl methyl sites for hydroxylation is 1. The predicted octanol–water partition coefficient (Wildman–Crippen LogP) is 2.47. The van der Waals surface area contributed by atoms with Crippen molar-refractivity contribution in [2.45, 2.75) is 39.0 Å². The fraction of sp³-hybridized carbons (Fsp3) is 0.524. The van der Waals surface area contributed by atoms with Gasteiger partial charge in [-0.25, -0.2) is 0 Å². The minimum atomic E-state index is -0.0873. The summed E-state index contributed by atoms with van der Waals surface area (Å²) in [6.45, 7) is 4.72. The van der Waals surface area contributed by atoms with Crippen LogP contribution in [0.4, 0.5) is 0 Å². The molecule has 0 unspecified atom stereocenters. The van der Waals surface area contributed by atoms with Crippen LogP contribution in [0.1, 0.15) is 47.5 Å². The molecule has 1 spiro atoms. The van der Waals surface area contributed by atoms with Crippen LogP contribution in [-0.2, 0) is 11.2 Å². The molecule has 0 N–H and O–H groups in total. The Morgan fingerprint density at radius 2 is 2.11 bits per heavy atom. The van der Waals surface area contributed by atoms with E-state index in [1.54, 1.807) is 12.3 Å². The summed E-state index contributed by atoms with van der Waals surface area (Å²) < 4.78 is 5.12. The number of hydrogen-bond donors (Lipinski definition) is 0. The third-order valence-electron chi connectivity index (χ3n) is 6.09. The van der Waals surface area contributed by atoms with Crippen LogP contribution in [0.3, 0.4) is 0 Å². The molecule has 2 aromatic rings. The first-order valence-electron chi connectivity index (χ1n) is 9.94. The van der Waals surface area contributed by atoms with E-state index < -0.39 is 0 Å². The fourth-order valence-corrected chi connectivity index (χ4v) is 4.33. The number of amides is 2. The maximum absolute atomic E-state index is 12.6. The van der Waals surface area contributed by atoms with Crippen molar-refractivity contribution in [3.63, 3.8) is 0 Å². The number of rotatable bonds is 4. The second-order valence-electron chi connectivity index (χ2n) is 8.05. The highest BCUT2D eigenvalue weighted by Gasteiger charge is 2.42. The molecule has 0 aliphatic carbocycles. The Labute approximate surface area is 164 Å². The highest BCUT2D eigenvalue weighted by molar-refractivity contribution is 5.91. The highest BCUT2D eigenvalue weighted by atomic mass is 16.5. The largest absolute Gasteiger partial charge is 0.351 e. The van der Waals surface area contributed by atoms with Gasteiger partial charge in [-0.3, -0.25) is 14.6 Å². The monoisotopic (exact) mass is 382 g/mol. The SMILES string of the molecule is Cc1cc(C(=O)N2CCC3(CCC(=O)N(CCc4cccnc4)C3)CC2)on1. The van der Waals surface area contributed by atoms with Gasteiger partial charge in [-0.1, -0.05) is 11.2 Å². The van der Waals surface area contributed by atoms with Gasteiger partial charge in [0.2, 0.25) is 11.7 Å².